The number of anilines is 1. The molecule has 140 valence electrons. The molecule has 1 aliphatic rings. The van der Waals surface area contributed by atoms with Gasteiger partial charge in [-0.3, -0.25) is 9.48 Å². The number of pyridine rings is 1. The number of nitrogens with zero attached hydrogens (tertiary/aromatic N) is 4. The molecule has 0 bridgehead atoms. The predicted molar refractivity (Wildman–Crippen MR) is 89.9 cm³/mol. The first-order chi connectivity index (χ1) is 12.2. The number of carbonyl (C=O) groups excluding carboxylic acids is 1. The van der Waals surface area contributed by atoms with E-state index in [2.05, 4.69) is 15.4 Å². The minimum atomic E-state index is -4.45. The molecule has 2 aromatic heterocycles. The van der Waals surface area contributed by atoms with Crippen molar-refractivity contribution in [2.75, 3.05) is 18.0 Å². The van der Waals surface area contributed by atoms with Crippen LogP contribution in [0.1, 0.15) is 34.7 Å². The summed E-state index contributed by atoms with van der Waals surface area (Å²) in [6, 6.07) is 4.03. The van der Waals surface area contributed by atoms with Crippen molar-refractivity contribution in [2.24, 2.45) is 7.05 Å². The van der Waals surface area contributed by atoms with Crippen molar-refractivity contribution in [1.82, 2.24) is 20.1 Å². The van der Waals surface area contributed by atoms with E-state index < -0.39 is 11.9 Å². The Balaban J connectivity index is 1.65. The van der Waals surface area contributed by atoms with Gasteiger partial charge in [-0.05, 0) is 38.0 Å². The molecule has 0 saturated carbocycles. The highest BCUT2D eigenvalue weighted by Crippen LogP contribution is 2.29. The van der Waals surface area contributed by atoms with Crippen LogP contribution in [0.15, 0.2) is 24.4 Å². The maximum Gasteiger partial charge on any atom is 0.433 e. The van der Waals surface area contributed by atoms with Crippen molar-refractivity contribution >= 4 is 11.6 Å². The maximum atomic E-state index is 12.6. The molecule has 1 N–H and O–H groups in total. The molecule has 0 spiro atoms. The summed E-state index contributed by atoms with van der Waals surface area (Å²) >= 11 is 0. The quantitative estimate of drug-likeness (QED) is 0.906. The van der Waals surface area contributed by atoms with E-state index in [1.165, 1.54) is 16.9 Å². The van der Waals surface area contributed by atoms with Gasteiger partial charge in [-0.1, -0.05) is 0 Å². The van der Waals surface area contributed by atoms with E-state index in [9.17, 15) is 18.0 Å². The van der Waals surface area contributed by atoms with Gasteiger partial charge in [0.05, 0.1) is 17.6 Å². The Labute approximate surface area is 149 Å². The molecule has 9 heteroatoms. The number of piperidine rings is 1. The normalized spacial score (nSPS) is 18.0. The smallest absolute Gasteiger partial charge is 0.368 e. The first-order valence-electron chi connectivity index (χ1n) is 8.34. The van der Waals surface area contributed by atoms with Crippen LogP contribution in [0.2, 0.25) is 0 Å². The van der Waals surface area contributed by atoms with Gasteiger partial charge in [0.1, 0.15) is 11.4 Å². The van der Waals surface area contributed by atoms with Crippen molar-refractivity contribution in [2.45, 2.75) is 32.0 Å². The van der Waals surface area contributed by atoms with Gasteiger partial charge >= 0.3 is 6.18 Å². The Bertz CT molecular complexity index is 785. The second-order valence-electron chi connectivity index (χ2n) is 6.45. The third-order valence-corrected chi connectivity index (χ3v) is 4.39. The molecular weight excluding hydrogens is 347 g/mol. The minimum Gasteiger partial charge on any atom is -0.368 e. The van der Waals surface area contributed by atoms with Crippen LogP contribution in [0.4, 0.5) is 18.9 Å². The number of aromatic nitrogens is 3. The van der Waals surface area contributed by atoms with Gasteiger partial charge in [0.25, 0.3) is 5.91 Å². The summed E-state index contributed by atoms with van der Waals surface area (Å²) in [4.78, 5) is 17.9. The largest absolute Gasteiger partial charge is 0.433 e. The Morgan fingerprint density at radius 1 is 1.35 bits per heavy atom. The Kier molecular flexibility index (Phi) is 4.88. The highest BCUT2D eigenvalue weighted by molar-refractivity contribution is 5.92. The number of aryl methyl sites for hydroxylation is 2. The fourth-order valence-corrected chi connectivity index (χ4v) is 3.15. The van der Waals surface area contributed by atoms with Crippen LogP contribution in [0, 0.1) is 6.92 Å². The molecule has 3 heterocycles. The number of amides is 1. The second kappa shape index (κ2) is 6.97. The summed E-state index contributed by atoms with van der Waals surface area (Å²) in [6.07, 6.45) is -1.57. The molecule has 0 aliphatic carbocycles. The van der Waals surface area contributed by atoms with Gasteiger partial charge < -0.3 is 10.2 Å². The highest BCUT2D eigenvalue weighted by Gasteiger charge is 2.32. The average molecular weight is 367 g/mol. The molecular formula is C17H20F3N5O. The topological polar surface area (TPSA) is 63.1 Å². The van der Waals surface area contributed by atoms with E-state index in [1.807, 2.05) is 11.8 Å². The first kappa shape index (κ1) is 18.2. The van der Waals surface area contributed by atoms with Crippen molar-refractivity contribution in [1.29, 1.82) is 0 Å². The Morgan fingerprint density at radius 3 is 2.69 bits per heavy atom. The molecule has 1 unspecified atom stereocenters. The van der Waals surface area contributed by atoms with E-state index >= 15 is 0 Å². The van der Waals surface area contributed by atoms with E-state index in [1.54, 1.807) is 13.1 Å². The SMILES string of the molecule is Cc1cc(C(=O)NC2CCCN(c3ccc(C(F)(F)F)nc3)C2)n(C)n1. The van der Waals surface area contributed by atoms with Crippen LogP contribution in [-0.4, -0.2) is 39.8 Å². The third kappa shape index (κ3) is 3.97. The zero-order chi connectivity index (χ0) is 18.9. The number of nitrogens with one attached hydrogen (secondary N) is 1. The molecule has 1 aliphatic heterocycles. The van der Waals surface area contributed by atoms with Crippen LogP contribution < -0.4 is 10.2 Å². The summed E-state index contributed by atoms with van der Waals surface area (Å²) in [5, 5.41) is 7.14. The Hall–Kier alpha value is -2.58. The van der Waals surface area contributed by atoms with Crippen LogP contribution in [0.25, 0.3) is 0 Å². The third-order valence-electron chi connectivity index (χ3n) is 4.39. The lowest BCUT2D eigenvalue weighted by atomic mass is 10.0. The number of hydrogen-bond donors (Lipinski definition) is 1. The molecule has 2 aromatic rings. The fraction of sp³-hybridized carbons (Fsp3) is 0.471. The second-order valence-corrected chi connectivity index (χ2v) is 6.45. The Morgan fingerprint density at radius 2 is 2.12 bits per heavy atom. The first-order valence-corrected chi connectivity index (χ1v) is 8.34. The van der Waals surface area contributed by atoms with E-state index in [0.717, 1.165) is 24.6 Å². The fourth-order valence-electron chi connectivity index (χ4n) is 3.15. The molecule has 0 aromatic carbocycles. The van der Waals surface area contributed by atoms with Gasteiger partial charge in [-0.25, -0.2) is 4.98 Å². The zero-order valence-corrected chi connectivity index (χ0v) is 14.5. The van der Waals surface area contributed by atoms with Crippen molar-refractivity contribution in [3.63, 3.8) is 0 Å². The monoisotopic (exact) mass is 367 g/mol. The summed E-state index contributed by atoms with van der Waals surface area (Å²) in [5.74, 6) is -0.203. The molecule has 1 fully saturated rings. The molecule has 6 nitrogen and oxygen atoms in total. The lowest BCUT2D eigenvalue weighted by molar-refractivity contribution is -0.141. The molecule has 1 saturated heterocycles. The number of halogens is 3. The van der Waals surface area contributed by atoms with E-state index in [-0.39, 0.29) is 11.9 Å². The lowest BCUT2D eigenvalue weighted by Crippen LogP contribution is -2.48. The molecule has 0 radical (unpaired) electrons. The maximum absolute atomic E-state index is 12.6. The van der Waals surface area contributed by atoms with Gasteiger partial charge in [0.2, 0.25) is 0 Å². The zero-order valence-electron chi connectivity index (χ0n) is 14.5. The summed E-state index contributed by atoms with van der Waals surface area (Å²) in [7, 11) is 1.71. The lowest BCUT2D eigenvalue weighted by Gasteiger charge is -2.34. The number of alkyl halides is 3. The average Bonchev–Trinajstić information content (AvgIpc) is 2.93. The van der Waals surface area contributed by atoms with Gasteiger partial charge in [0, 0.05) is 26.2 Å². The van der Waals surface area contributed by atoms with Gasteiger partial charge in [0.15, 0.2) is 0 Å². The summed E-state index contributed by atoms with van der Waals surface area (Å²) in [6.45, 7) is 3.05. The van der Waals surface area contributed by atoms with Crippen LogP contribution in [-0.2, 0) is 13.2 Å². The van der Waals surface area contributed by atoms with Crippen LogP contribution in [0.5, 0.6) is 0 Å². The van der Waals surface area contributed by atoms with Crippen molar-refractivity contribution in [3.8, 4) is 0 Å². The minimum absolute atomic E-state index is 0.0891. The molecule has 1 atom stereocenters. The standard InChI is InChI=1S/C17H20F3N5O/c1-11-8-14(24(2)23-11)16(26)22-12-4-3-7-25(10-12)13-5-6-15(21-9-13)17(18,19)20/h5-6,8-9,12H,3-4,7,10H2,1-2H3,(H,22,26). The van der Waals surface area contributed by atoms with Gasteiger partial charge in [-0.2, -0.15) is 18.3 Å². The van der Waals surface area contributed by atoms with Crippen LogP contribution >= 0.6 is 0 Å². The van der Waals surface area contributed by atoms with Crippen molar-refractivity contribution in [3.05, 3.63) is 41.5 Å². The highest BCUT2D eigenvalue weighted by atomic mass is 19.4. The van der Waals surface area contributed by atoms with E-state index in [0.29, 0.717) is 24.5 Å². The molecule has 1 amide bonds. The van der Waals surface area contributed by atoms with E-state index in [4.69, 9.17) is 0 Å². The van der Waals surface area contributed by atoms with Gasteiger partial charge in [-0.15, -0.1) is 0 Å². The van der Waals surface area contributed by atoms with Crippen LogP contribution in [0.3, 0.4) is 0 Å². The van der Waals surface area contributed by atoms with Crippen molar-refractivity contribution < 1.29 is 18.0 Å². The summed E-state index contributed by atoms with van der Waals surface area (Å²) < 4.78 is 39.4. The number of carbonyl (C=O) groups is 1. The number of hydrogen-bond acceptors (Lipinski definition) is 4. The summed E-state index contributed by atoms with van der Waals surface area (Å²) in [5.41, 5.74) is 0.956. The number of rotatable bonds is 3. The molecule has 26 heavy (non-hydrogen) atoms. The molecule has 3 rings (SSSR count). The predicted octanol–water partition coefficient (Wildman–Crippen LogP) is 2.54.